The fourth-order valence-corrected chi connectivity index (χ4v) is 0.405. The lowest BCUT2D eigenvalue weighted by molar-refractivity contribution is -0.129. The first-order valence-corrected chi connectivity index (χ1v) is 2.99. The Morgan fingerprint density at radius 3 is 2.45 bits per heavy atom. The van der Waals surface area contributed by atoms with Crippen molar-refractivity contribution in [3.63, 3.8) is 0 Å². The minimum absolute atomic E-state index is 0.0897. The van der Waals surface area contributed by atoms with Crippen LogP contribution in [0.5, 0.6) is 0 Å². The van der Waals surface area contributed by atoms with Crippen molar-refractivity contribution in [1.82, 2.24) is 0 Å². The van der Waals surface area contributed by atoms with E-state index in [1.54, 1.807) is 14.0 Å². The molecule has 0 aromatic carbocycles. The van der Waals surface area contributed by atoms with Gasteiger partial charge in [-0.3, -0.25) is 4.99 Å². The Labute approximate surface area is 65.0 Å². The number of hydrogen-bond acceptors (Lipinski definition) is 2. The first-order valence-electron chi connectivity index (χ1n) is 2.99. The third-order valence-electron chi connectivity index (χ3n) is 1.02. The van der Waals surface area contributed by atoms with Crippen molar-refractivity contribution in [2.75, 3.05) is 7.05 Å². The lowest BCUT2D eigenvalue weighted by atomic mass is 10.4. The molecular formula is C7H10N2O2. The number of amidine groups is 1. The van der Waals surface area contributed by atoms with Crippen LogP contribution in [0.2, 0.25) is 0 Å². The van der Waals surface area contributed by atoms with E-state index in [1.165, 1.54) is 6.08 Å². The van der Waals surface area contributed by atoms with Gasteiger partial charge in [0, 0.05) is 7.05 Å². The zero-order valence-electron chi connectivity index (χ0n) is 6.53. The van der Waals surface area contributed by atoms with Gasteiger partial charge in [0.2, 0.25) is 0 Å². The largest absolute Gasteiger partial charge is 0.477 e. The van der Waals surface area contributed by atoms with Gasteiger partial charge in [0.15, 0.2) is 0 Å². The molecule has 0 aliphatic rings. The highest BCUT2D eigenvalue weighted by Crippen LogP contribution is 1.84. The number of rotatable bonds is 2. The van der Waals surface area contributed by atoms with Crippen molar-refractivity contribution in [3.05, 3.63) is 12.7 Å². The van der Waals surface area contributed by atoms with Gasteiger partial charge in [-0.05, 0) is 13.0 Å². The van der Waals surface area contributed by atoms with E-state index >= 15 is 0 Å². The molecule has 0 radical (unpaired) electrons. The summed E-state index contributed by atoms with van der Waals surface area (Å²) in [5, 5.41) is 8.46. The van der Waals surface area contributed by atoms with E-state index < -0.39 is 5.97 Å². The molecule has 0 aliphatic heterocycles. The van der Waals surface area contributed by atoms with Crippen LogP contribution in [0, 0.1) is 0 Å². The second kappa shape index (κ2) is 4.38. The minimum atomic E-state index is -1.09. The van der Waals surface area contributed by atoms with Crippen LogP contribution in [0.25, 0.3) is 0 Å². The van der Waals surface area contributed by atoms with Gasteiger partial charge in [-0.2, -0.15) is 0 Å². The third-order valence-corrected chi connectivity index (χ3v) is 1.02. The number of carbonyl (C=O) groups is 1. The maximum absolute atomic E-state index is 10.3. The maximum Gasteiger partial charge on any atom is 0.354 e. The summed E-state index contributed by atoms with van der Waals surface area (Å²) >= 11 is 0. The molecule has 0 aromatic rings. The molecule has 0 rings (SSSR count). The standard InChI is InChI=1S/C7H10N2O2/c1-4-6(7(10)11)9-5(2)8-3/h4H,1H2,2-3H3,(H,10,11). The van der Waals surface area contributed by atoms with Crippen LogP contribution in [0.3, 0.4) is 0 Å². The molecule has 0 saturated heterocycles. The Hall–Kier alpha value is -1.45. The van der Waals surface area contributed by atoms with Gasteiger partial charge < -0.3 is 5.11 Å². The summed E-state index contributed by atoms with van der Waals surface area (Å²) < 4.78 is 0. The van der Waals surface area contributed by atoms with Crippen LogP contribution in [-0.2, 0) is 4.79 Å². The van der Waals surface area contributed by atoms with Crippen molar-refractivity contribution in [1.29, 1.82) is 0 Å². The zero-order chi connectivity index (χ0) is 8.85. The predicted molar refractivity (Wildman–Crippen MR) is 44.3 cm³/mol. The summed E-state index contributed by atoms with van der Waals surface area (Å²) in [4.78, 5) is 17.7. The minimum Gasteiger partial charge on any atom is -0.477 e. The van der Waals surface area contributed by atoms with E-state index in [0.717, 1.165) is 0 Å². The number of aliphatic imine (C=N–C) groups is 2. The van der Waals surface area contributed by atoms with Gasteiger partial charge >= 0.3 is 5.97 Å². The molecule has 0 amide bonds. The van der Waals surface area contributed by atoms with Crippen molar-refractivity contribution in [2.45, 2.75) is 6.92 Å². The fraction of sp³-hybridized carbons (Fsp3) is 0.286. The number of aliphatic carboxylic acids is 1. The topological polar surface area (TPSA) is 62.0 Å². The molecule has 0 unspecified atom stereocenters. The number of hydrogen-bond donors (Lipinski definition) is 1. The van der Waals surface area contributed by atoms with Crippen molar-refractivity contribution in [3.8, 4) is 0 Å². The van der Waals surface area contributed by atoms with Crippen molar-refractivity contribution >= 4 is 17.5 Å². The lowest BCUT2D eigenvalue weighted by Crippen LogP contribution is -2.11. The fourth-order valence-electron chi connectivity index (χ4n) is 0.405. The average Bonchev–Trinajstić information content (AvgIpc) is 1.99. The first-order chi connectivity index (χ1) is 5.11. The molecular weight excluding hydrogens is 144 g/mol. The van der Waals surface area contributed by atoms with E-state index in [0.29, 0.717) is 5.84 Å². The summed E-state index contributed by atoms with van der Waals surface area (Å²) in [7, 11) is 1.54. The van der Waals surface area contributed by atoms with Crippen LogP contribution in [0.1, 0.15) is 6.92 Å². The molecule has 0 atom stereocenters. The summed E-state index contributed by atoms with van der Waals surface area (Å²) in [6.45, 7) is 4.92. The summed E-state index contributed by atoms with van der Waals surface area (Å²) in [5.41, 5.74) is -0.0897. The SMILES string of the molecule is C=CC(=NC(C)=NC)C(=O)O. The molecule has 0 aliphatic carbocycles. The molecule has 4 heteroatoms. The van der Waals surface area contributed by atoms with Gasteiger partial charge in [-0.1, -0.05) is 6.58 Å². The van der Waals surface area contributed by atoms with Crippen LogP contribution < -0.4 is 0 Å². The van der Waals surface area contributed by atoms with Crippen LogP contribution in [-0.4, -0.2) is 29.7 Å². The van der Waals surface area contributed by atoms with E-state index in [-0.39, 0.29) is 5.71 Å². The zero-order valence-corrected chi connectivity index (χ0v) is 6.53. The normalized spacial score (nSPS) is 12.9. The molecule has 0 heterocycles. The smallest absolute Gasteiger partial charge is 0.354 e. The summed E-state index contributed by atoms with van der Waals surface area (Å²) in [6, 6.07) is 0. The van der Waals surface area contributed by atoms with E-state index in [4.69, 9.17) is 5.11 Å². The van der Waals surface area contributed by atoms with Crippen molar-refractivity contribution in [2.24, 2.45) is 9.98 Å². The monoisotopic (exact) mass is 154 g/mol. The Balaban J connectivity index is 4.62. The summed E-state index contributed by atoms with van der Waals surface area (Å²) in [5.74, 6) is -0.676. The molecule has 0 fully saturated rings. The van der Waals surface area contributed by atoms with Crippen LogP contribution in [0.15, 0.2) is 22.6 Å². The van der Waals surface area contributed by atoms with Crippen molar-refractivity contribution < 1.29 is 9.90 Å². The highest BCUT2D eigenvalue weighted by atomic mass is 16.4. The third kappa shape index (κ3) is 3.30. The maximum atomic E-state index is 10.3. The van der Waals surface area contributed by atoms with Crippen LogP contribution >= 0.6 is 0 Å². The van der Waals surface area contributed by atoms with E-state index in [1.807, 2.05) is 0 Å². The number of carboxylic acids is 1. The van der Waals surface area contributed by atoms with Gasteiger partial charge in [0.05, 0.1) is 0 Å². The number of carboxylic acid groups (broad SMARTS) is 1. The second-order valence-corrected chi connectivity index (χ2v) is 1.78. The Morgan fingerprint density at radius 1 is 1.64 bits per heavy atom. The molecule has 0 bridgehead atoms. The molecule has 11 heavy (non-hydrogen) atoms. The van der Waals surface area contributed by atoms with Gasteiger partial charge in [0.25, 0.3) is 0 Å². The predicted octanol–water partition coefficient (Wildman–Crippen LogP) is 0.746. The average molecular weight is 154 g/mol. The number of nitrogens with zero attached hydrogens (tertiary/aromatic N) is 2. The lowest BCUT2D eigenvalue weighted by Gasteiger charge is -1.92. The van der Waals surface area contributed by atoms with Crippen LogP contribution in [0.4, 0.5) is 0 Å². The quantitative estimate of drug-likeness (QED) is 0.471. The molecule has 0 spiro atoms. The molecule has 1 N–H and O–H groups in total. The van der Waals surface area contributed by atoms with Gasteiger partial charge in [-0.25, -0.2) is 9.79 Å². The van der Waals surface area contributed by atoms with E-state index in [2.05, 4.69) is 16.6 Å². The molecule has 60 valence electrons. The van der Waals surface area contributed by atoms with Gasteiger partial charge in [-0.15, -0.1) is 0 Å². The Kier molecular flexibility index (Phi) is 3.80. The molecule has 4 nitrogen and oxygen atoms in total. The highest BCUT2D eigenvalue weighted by molar-refractivity contribution is 6.41. The Bertz CT molecular complexity index is 229. The highest BCUT2D eigenvalue weighted by Gasteiger charge is 2.03. The summed E-state index contributed by atoms with van der Waals surface area (Å²) in [6.07, 6.45) is 1.18. The Morgan fingerprint density at radius 2 is 2.18 bits per heavy atom. The van der Waals surface area contributed by atoms with E-state index in [9.17, 15) is 4.79 Å². The molecule has 0 aromatic heterocycles. The second-order valence-electron chi connectivity index (χ2n) is 1.78. The van der Waals surface area contributed by atoms with Gasteiger partial charge in [0.1, 0.15) is 11.5 Å². The first kappa shape index (κ1) is 9.55. The molecule has 0 saturated carbocycles.